The normalized spacial score (nSPS) is 24.2. The highest BCUT2D eigenvalue weighted by molar-refractivity contribution is 5.99. The van der Waals surface area contributed by atoms with Crippen molar-refractivity contribution in [3.63, 3.8) is 0 Å². The van der Waals surface area contributed by atoms with Gasteiger partial charge in [-0.15, -0.1) is 0 Å². The van der Waals surface area contributed by atoms with Crippen LogP contribution >= 0.6 is 0 Å². The first-order chi connectivity index (χ1) is 38.2. The molecule has 1 fully saturated rings. The number of rotatable bonds is 30. The second kappa shape index (κ2) is 39.2. The Morgan fingerprint density at radius 2 is 1.16 bits per heavy atom. The fraction of sp³-hybridized carbons (Fsp3) is 0.800. The molecule has 0 aliphatic carbocycles. The van der Waals surface area contributed by atoms with Crippen LogP contribution in [0.2, 0.25) is 0 Å². The standard InChI is InChI=1S/C55H100N12O14/c1-8-31(4)11-9-10-12-38(71)26-35(13-19-56)50(76)66-47(33(6)69)46(74)28-37(15-21-58)49(75)64-42-18-24-61-55(81)48(34(7)70)67-51(77)36(14-20-57)27-44(72)40(16-22-59)63-54(80)43(25-30(2)3)65-52(78)39(32(5)68)29-45(73)41(17-23-60)62-53(42)79/h30-37,39-43,47-48,68-70H,8-29,56-60H2,1-7H3,(H,61,81)(H,62,79)(H,63,80)(H,64,75)(H,65,78)(H,66,76)(H,67,77)/t31-,32+,33+,34+,35+,36+,37+,39-,40-,41-,42-,43-,47-,48-/m0/s1. The summed E-state index contributed by atoms with van der Waals surface area (Å²) in [6.45, 7) is 10.6. The lowest BCUT2D eigenvalue weighted by atomic mass is 9.90. The Balaban J connectivity index is 3.78. The van der Waals surface area contributed by atoms with Crippen LogP contribution in [0.25, 0.3) is 0 Å². The zero-order chi connectivity index (χ0) is 61.5. The molecule has 7 amide bonds. The molecule has 0 spiro atoms. The summed E-state index contributed by atoms with van der Waals surface area (Å²) < 4.78 is 0. The van der Waals surface area contributed by atoms with Crippen molar-refractivity contribution in [2.45, 2.75) is 206 Å². The lowest BCUT2D eigenvalue weighted by molar-refractivity contribution is -0.138. The molecule has 0 aromatic carbocycles. The summed E-state index contributed by atoms with van der Waals surface area (Å²) in [6.07, 6.45) is -3.44. The van der Waals surface area contributed by atoms with E-state index < -0.39 is 169 Å². The number of carbonyl (C=O) groups is 11. The molecule has 26 heteroatoms. The number of nitrogens with one attached hydrogen (secondary N) is 7. The summed E-state index contributed by atoms with van der Waals surface area (Å²) >= 11 is 0. The van der Waals surface area contributed by atoms with Gasteiger partial charge in [-0.1, -0.05) is 47.0 Å². The smallest absolute Gasteiger partial charge is 0.245 e. The van der Waals surface area contributed by atoms with Gasteiger partial charge in [-0.25, -0.2) is 0 Å². The van der Waals surface area contributed by atoms with E-state index in [1.165, 1.54) is 20.8 Å². The van der Waals surface area contributed by atoms with Crippen molar-refractivity contribution in [2.24, 2.45) is 64.2 Å². The Morgan fingerprint density at radius 3 is 1.68 bits per heavy atom. The van der Waals surface area contributed by atoms with E-state index in [0.29, 0.717) is 12.3 Å². The molecular formula is C55H100N12O14. The van der Waals surface area contributed by atoms with Crippen LogP contribution in [0.3, 0.4) is 0 Å². The number of aliphatic hydroxyl groups is 3. The van der Waals surface area contributed by atoms with Crippen LogP contribution in [0.4, 0.5) is 0 Å². The predicted molar refractivity (Wildman–Crippen MR) is 302 cm³/mol. The van der Waals surface area contributed by atoms with Crippen LogP contribution < -0.4 is 65.9 Å². The Hall–Kier alpha value is -5.35. The van der Waals surface area contributed by atoms with Crippen molar-refractivity contribution in [3.05, 3.63) is 0 Å². The van der Waals surface area contributed by atoms with Crippen molar-refractivity contribution in [3.8, 4) is 0 Å². The van der Waals surface area contributed by atoms with Gasteiger partial charge in [-0.3, -0.25) is 52.7 Å². The second-order valence-electron chi connectivity index (χ2n) is 22.2. The molecule has 464 valence electrons. The number of hydrogen-bond donors (Lipinski definition) is 15. The first-order valence-electron chi connectivity index (χ1n) is 28.9. The predicted octanol–water partition coefficient (Wildman–Crippen LogP) is -2.74. The molecule has 1 rings (SSSR count). The minimum atomic E-state index is -1.64. The van der Waals surface area contributed by atoms with Crippen molar-refractivity contribution in [1.29, 1.82) is 0 Å². The summed E-state index contributed by atoms with van der Waals surface area (Å²) in [4.78, 5) is 153. The molecule has 20 N–H and O–H groups in total. The third-order valence-electron chi connectivity index (χ3n) is 14.7. The monoisotopic (exact) mass is 1150 g/mol. The number of hydrogen-bond acceptors (Lipinski definition) is 19. The van der Waals surface area contributed by atoms with Gasteiger partial charge in [-0.2, -0.15) is 0 Å². The first kappa shape index (κ1) is 73.7. The van der Waals surface area contributed by atoms with Gasteiger partial charge in [0, 0.05) is 56.4 Å². The summed E-state index contributed by atoms with van der Waals surface area (Å²) in [6, 6.07) is -8.79. The minimum Gasteiger partial charge on any atom is -0.393 e. The van der Waals surface area contributed by atoms with Crippen LogP contribution in [-0.2, 0) is 52.7 Å². The fourth-order valence-electron chi connectivity index (χ4n) is 9.49. The fourth-order valence-corrected chi connectivity index (χ4v) is 9.49. The highest BCUT2D eigenvalue weighted by Gasteiger charge is 2.38. The third kappa shape index (κ3) is 27.1. The maximum Gasteiger partial charge on any atom is 0.245 e. The lowest BCUT2D eigenvalue weighted by Crippen LogP contribution is -2.56. The van der Waals surface area contributed by atoms with Crippen LogP contribution in [0, 0.1) is 35.5 Å². The number of unbranched alkanes of at least 4 members (excludes halogenated alkanes) is 1. The molecular weight excluding hydrogens is 1050 g/mol. The Kier molecular flexibility index (Phi) is 35.6. The zero-order valence-corrected chi connectivity index (χ0v) is 48.9. The van der Waals surface area contributed by atoms with Gasteiger partial charge in [-0.05, 0) is 117 Å². The van der Waals surface area contributed by atoms with Crippen molar-refractivity contribution < 1.29 is 68.1 Å². The summed E-state index contributed by atoms with van der Waals surface area (Å²) in [7, 11) is 0. The van der Waals surface area contributed by atoms with Crippen LogP contribution in [0.5, 0.6) is 0 Å². The molecule has 1 aliphatic heterocycles. The molecule has 1 heterocycles. The average molecular weight is 1150 g/mol. The van der Waals surface area contributed by atoms with Crippen LogP contribution in [0.1, 0.15) is 151 Å². The maximum atomic E-state index is 14.4. The number of aliphatic hydroxyl groups excluding tert-OH is 3. The molecule has 81 heavy (non-hydrogen) atoms. The number of carbonyl (C=O) groups excluding carboxylic acids is 11. The summed E-state index contributed by atoms with van der Waals surface area (Å²) in [5.74, 6) is -13.0. The number of nitrogens with two attached hydrogens (primary N) is 5. The van der Waals surface area contributed by atoms with E-state index >= 15 is 0 Å². The molecule has 1 saturated heterocycles. The molecule has 1 aliphatic rings. The molecule has 14 atom stereocenters. The van der Waals surface area contributed by atoms with E-state index in [1.807, 2.05) is 0 Å². The Bertz CT molecular complexity index is 2040. The number of ketones is 4. The van der Waals surface area contributed by atoms with Gasteiger partial charge in [0.05, 0.1) is 36.3 Å². The van der Waals surface area contributed by atoms with Crippen molar-refractivity contribution in [2.75, 3.05) is 39.3 Å². The maximum absolute atomic E-state index is 14.4. The van der Waals surface area contributed by atoms with Crippen LogP contribution in [-0.4, -0.2) is 174 Å². The summed E-state index contributed by atoms with van der Waals surface area (Å²) in [5.41, 5.74) is 29.3. The number of amides is 7. The number of Topliss-reactive ketones (excluding diaryl/α,β-unsaturated/α-hetero) is 4. The van der Waals surface area contributed by atoms with E-state index in [9.17, 15) is 68.1 Å². The van der Waals surface area contributed by atoms with Gasteiger partial charge >= 0.3 is 0 Å². The quantitative estimate of drug-likeness (QED) is 0.0324. The molecule has 26 nitrogen and oxygen atoms in total. The Morgan fingerprint density at radius 1 is 0.605 bits per heavy atom. The van der Waals surface area contributed by atoms with Gasteiger partial charge in [0.25, 0.3) is 0 Å². The van der Waals surface area contributed by atoms with Crippen molar-refractivity contribution >= 4 is 64.5 Å². The molecule has 0 unspecified atom stereocenters. The lowest BCUT2D eigenvalue weighted by Gasteiger charge is -2.28. The topological polar surface area (TPSA) is 463 Å². The zero-order valence-electron chi connectivity index (χ0n) is 48.9. The highest BCUT2D eigenvalue weighted by Crippen LogP contribution is 2.20. The average Bonchev–Trinajstić information content (AvgIpc) is 3.40. The van der Waals surface area contributed by atoms with E-state index in [1.54, 1.807) is 13.8 Å². The van der Waals surface area contributed by atoms with E-state index in [2.05, 4.69) is 51.1 Å². The van der Waals surface area contributed by atoms with E-state index in [0.717, 1.165) is 19.3 Å². The SMILES string of the molecule is CC[C@H](C)CCCCC(=O)C[C@@H](CCN)C(=O)N[C@H](C(=O)C[C@@H](CCN)C(=O)N[C@H]1CCNC(=O)[C@H]([C@@H](C)O)NC(=O)[C@H](CCN)CC(=O)[C@H](CCN)NC(=O)[C@H](CC(C)C)NC(=O)[C@H]([C@@H](C)O)CC(=O)[C@H](CCN)NC1=O)[C@@H](C)O. The van der Waals surface area contributed by atoms with Crippen LogP contribution in [0.15, 0.2) is 0 Å². The van der Waals surface area contributed by atoms with Gasteiger partial charge in [0.1, 0.15) is 30.0 Å². The molecule has 0 saturated carbocycles. The van der Waals surface area contributed by atoms with E-state index in [4.69, 9.17) is 28.7 Å². The minimum absolute atomic E-state index is 0.0391. The molecule has 0 bridgehead atoms. The first-order valence-corrected chi connectivity index (χ1v) is 28.9. The summed E-state index contributed by atoms with van der Waals surface area (Å²) in [5, 5.41) is 50.3. The highest BCUT2D eigenvalue weighted by atomic mass is 16.3. The third-order valence-corrected chi connectivity index (χ3v) is 14.7. The van der Waals surface area contributed by atoms with E-state index in [-0.39, 0.29) is 95.8 Å². The molecule has 0 aromatic rings. The van der Waals surface area contributed by atoms with Crippen molar-refractivity contribution in [1.82, 2.24) is 37.2 Å². The molecule has 0 aromatic heterocycles. The molecule has 0 radical (unpaired) electrons. The van der Waals surface area contributed by atoms with Gasteiger partial charge in [0.15, 0.2) is 17.3 Å². The van der Waals surface area contributed by atoms with Gasteiger partial charge < -0.3 is 81.2 Å². The second-order valence-corrected chi connectivity index (χ2v) is 22.2. The Labute approximate surface area is 477 Å². The largest absolute Gasteiger partial charge is 0.393 e. The van der Waals surface area contributed by atoms with Gasteiger partial charge in [0.2, 0.25) is 41.4 Å².